The fourth-order valence-corrected chi connectivity index (χ4v) is 2.22. The van der Waals surface area contributed by atoms with E-state index < -0.39 is 0 Å². The van der Waals surface area contributed by atoms with Crippen LogP contribution in [0.3, 0.4) is 0 Å². The summed E-state index contributed by atoms with van der Waals surface area (Å²) < 4.78 is 4.05. The molecule has 14 heavy (non-hydrogen) atoms. The van der Waals surface area contributed by atoms with Crippen molar-refractivity contribution in [1.29, 1.82) is 0 Å². The van der Waals surface area contributed by atoms with Crippen LogP contribution in [0.5, 0.6) is 0 Å². The third-order valence-electron chi connectivity index (χ3n) is 2.90. The lowest BCUT2D eigenvalue weighted by Gasteiger charge is -2.38. The molecule has 1 aliphatic rings. The summed E-state index contributed by atoms with van der Waals surface area (Å²) in [5.41, 5.74) is -0.256. The summed E-state index contributed by atoms with van der Waals surface area (Å²) in [6.07, 6.45) is 3.95. The predicted molar refractivity (Wildman–Crippen MR) is 51.3 cm³/mol. The summed E-state index contributed by atoms with van der Waals surface area (Å²) in [6.45, 7) is 7.33. The van der Waals surface area contributed by atoms with E-state index >= 15 is 0 Å². The van der Waals surface area contributed by atoms with Gasteiger partial charge in [0, 0.05) is 12.6 Å². The van der Waals surface area contributed by atoms with E-state index in [0.717, 1.165) is 6.54 Å². The zero-order valence-electron chi connectivity index (χ0n) is 8.90. The van der Waals surface area contributed by atoms with Gasteiger partial charge in [-0.05, 0) is 20.8 Å². The molecule has 4 heteroatoms. The number of rotatable bonds is 1. The molecule has 0 saturated carbocycles. The van der Waals surface area contributed by atoms with Gasteiger partial charge in [-0.25, -0.2) is 0 Å². The van der Waals surface area contributed by atoms with Crippen LogP contribution in [0.4, 0.5) is 0 Å². The molecule has 0 spiro atoms. The van der Waals surface area contributed by atoms with E-state index in [1.54, 1.807) is 0 Å². The summed E-state index contributed by atoms with van der Waals surface area (Å²) >= 11 is 0. The van der Waals surface area contributed by atoms with Crippen LogP contribution in [0, 0.1) is 0 Å². The van der Waals surface area contributed by atoms with Crippen molar-refractivity contribution in [3.05, 3.63) is 18.5 Å². The molecule has 2 rings (SSSR count). The Morgan fingerprint density at radius 1 is 1.57 bits per heavy atom. The van der Waals surface area contributed by atoms with Crippen molar-refractivity contribution < 1.29 is 9.48 Å². The second-order valence-electron chi connectivity index (χ2n) is 4.07. The zero-order chi connectivity index (χ0) is 10.3. The molecule has 0 atom stereocenters. The van der Waals surface area contributed by atoms with Crippen molar-refractivity contribution in [2.24, 2.45) is 0 Å². The molecular formula is C10H16N3O+. The highest BCUT2D eigenvalue weighted by Crippen LogP contribution is 2.21. The summed E-state index contributed by atoms with van der Waals surface area (Å²) in [6, 6.07) is 1.97. The molecule has 0 fully saturated rings. The monoisotopic (exact) mass is 194 g/mol. The SMILES string of the molecule is CCN1C(=O)C[n+]2cccn2C1(C)C. The highest BCUT2D eigenvalue weighted by molar-refractivity contribution is 5.75. The van der Waals surface area contributed by atoms with Gasteiger partial charge in [0.2, 0.25) is 6.54 Å². The minimum Gasteiger partial charge on any atom is -0.310 e. The van der Waals surface area contributed by atoms with Crippen molar-refractivity contribution in [1.82, 2.24) is 9.58 Å². The molecule has 0 saturated heterocycles. The standard InChI is InChI=1S/C10H16N3O/c1-4-12-9(14)8-11-6-5-7-13(11)10(12,2)3/h5-7H,4,8H2,1-3H3/q+1. The first-order valence-electron chi connectivity index (χ1n) is 4.95. The predicted octanol–water partition coefficient (Wildman–Crippen LogP) is 0.330. The van der Waals surface area contributed by atoms with E-state index in [-0.39, 0.29) is 11.6 Å². The number of likely N-dealkylation sites (N-methyl/N-ethyl adjacent to an activating group) is 1. The molecule has 1 aromatic rings. The molecular weight excluding hydrogens is 178 g/mol. The fourth-order valence-electron chi connectivity index (χ4n) is 2.22. The Bertz CT molecular complexity index is 367. The molecule has 1 aliphatic heterocycles. The number of aromatic nitrogens is 2. The molecule has 4 nitrogen and oxygen atoms in total. The minimum absolute atomic E-state index is 0.189. The first kappa shape index (κ1) is 9.24. The average molecular weight is 194 g/mol. The lowest BCUT2D eigenvalue weighted by Crippen LogP contribution is -2.66. The third kappa shape index (κ3) is 1.06. The third-order valence-corrected chi connectivity index (χ3v) is 2.90. The van der Waals surface area contributed by atoms with Crippen molar-refractivity contribution in [2.45, 2.75) is 33.0 Å². The van der Waals surface area contributed by atoms with E-state index in [4.69, 9.17) is 0 Å². The summed E-state index contributed by atoms with van der Waals surface area (Å²) in [7, 11) is 0. The number of nitrogens with zero attached hydrogens (tertiary/aromatic N) is 3. The van der Waals surface area contributed by atoms with Gasteiger partial charge in [0.15, 0.2) is 11.9 Å². The maximum Gasteiger partial charge on any atom is 0.292 e. The first-order chi connectivity index (χ1) is 6.57. The molecule has 76 valence electrons. The van der Waals surface area contributed by atoms with Crippen LogP contribution in [0.25, 0.3) is 0 Å². The highest BCUT2D eigenvalue weighted by Gasteiger charge is 2.42. The van der Waals surface area contributed by atoms with Gasteiger partial charge in [-0.1, -0.05) is 0 Å². The van der Waals surface area contributed by atoms with Gasteiger partial charge >= 0.3 is 0 Å². The number of hydrogen-bond acceptors (Lipinski definition) is 1. The Morgan fingerprint density at radius 3 is 2.93 bits per heavy atom. The number of carbonyl (C=O) groups excluding carboxylic acids is 1. The van der Waals surface area contributed by atoms with E-state index in [1.165, 1.54) is 0 Å². The Kier molecular flexibility index (Phi) is 1.87. The van der Waals surface area contributed by atoms with Gasteiger partial charge in [0.25, 0.3) is 5.91 Å². The average Bonchev–Trinajstić information content (AvgIpc) is 2.52. The van der Waals surface area contributed by atoms with E-state index in [1.807, 2.05) is 35.0 Å². The number of hydrogen-bond donors (Lipinski definition) is 0. The van der Waals surface area contributed by atoms with Gasteiger partial charge < -0.3 is 4.90 Å². The van der Waals surface area contributed by atoms with Gasteiger partial charge in [-0.2, -0.15) is 0 Å². The molecule has 0 unspecified atom stereocenters. The zero-order valence-corrected chi connectivity index (χ0v) is 8.90. The van der Waals surface area contributed by atoms with Crippen LogP contribution in [-0.2, 0) is 17.0 Å². The van der Waals surface area contributed by atoms with Gasteiger partial charge in [-0.3, -0.25) is 4.79 Å². The molecule has 0 aromatic carbocycles. The summed E-state index contributed by atoms with van der Waals surface area (Å²) in [5, 5.41) is 0. The van der Waals surface area contributed by atoms with E-state index in [0.29, 0.717) is 6.54 Å². The molecule has 1 aromatic heterocycles. The van der Waals surface area contributed by atoms with Crippen LogP contribution in [0.2, 0.25) is 0 Å². The number of amides is 1. The Morgan fingerprint density at radius 2 is 2.29 bits per heavy atom. The van der Waals surface area contributed by atoms with E-state index in [9.17, 15) is 4.79 Å². The van der Waals surface area contributed by atoms with Gasteiger partial charge in [0.1, 0.15) is 0 Å². The quantitative estimate of drug-likeness (QED) is 0.592. The normalized spacial score (nSPS) is 19.6. The molecule has 0 N–H and O–H groups in total. The second kappa shape index (κ2) is 2.83. The fraction of sp³-hybridized carbons (Fsp3) is 0.600. The molecule has 1 amide bonds. The lowest BCUT2D eigenvalue weighted by molar-refractivity contribution is -0.780. The maximum atomic E-state index is 11.8. The highest BCUT2D eigenvalue weighted by atomic mass is 16.2. The second-order valence-corrected chi connectivity index (χ2v) is 4.07. The lowest BCUT2D eigenvalue weighted by atomic mass is 10.1. The van der Waals surface area contributed by atoms with Crippen molar-refractivity contribution in [2.75, 3.05) is 6.54 Å². The van der Waals surface area contributed by atoms with Crippen LogP contribution in [0.1, 0.15) is 20.8 Å². The van der Waals surface area contributed by atoms with Gasteiger partial charge in [-0.15, -0.1) is 9.36 Å². The Balaban J connectivity index is 2.51. The smallest absolute Gasteiger partial charge is 0.292 e. The molecule has 0 bridgehead atoms. The largest absolute Gasteiger partial charge is 0.310 e. The number of fused-ring (bicyclic) bond motifs is 1. The summed E-state index contributed by atoms with van der Waals surface area (Å²) in [5.74, 6) is 0.189. The topological polar surface area (TPSA) is 29.1 Å². The maximum absolute atomic E-state index is 11.8. The Hall–Kier alpha value is -1.32. The molecule has 0 aliphatic carbocycles. The van der Waals surface area contributed by atoms with Crippen LogP contribution in [-0.4, -0.2) is 22.0 Å². The van der Waals surface area contributed by atoms with E-state index in [2.05, 4.69) is 18.5 Å². The molecule has 0 radical (unpaired) electrons. The number of carbonyl (C=O) groups is 1. The van der Waals surface area contributed by atoms with Crippen molar-refractivity contribution in [3.8, 4) is 0 Å². The van der Waals surface area contributed by atoms with Crippen molar-refractivity contribution in [3.63, 3.8) is 0 Å². The minimum atomic E-state index is -0.256. The summed E-state index contributed by atoms with van der Waals surface area (Å²) in [4.78, 5) is 13.7. The van der Waals surface area contributed by atoms with Gasteiger partial charge in [0.05, 0.1) is 6.20 Å². The van der Waals surface area contributed by atoms with Crippen LogP contribution >= 0.6 is 0 Å². The molecule has 2 heterocycles. The van der Waals surface area contributed by atoms with Crippen LogP contribution < -0.4 is 4.68 Å². The first-order valence-corrected chi connectivity index (χ1v) is 4.95. The van der Waals surface area contributed by atoms with Crippen LogP contribution in [0.15, 0.2) is 18.5 Å². The van der Waals surface area contributed by atoms with Crippen molar-refractivity contribution >= 4 is 5.91 Å². The Labute approximate surface area is 83.7 Å².